The van der Waals surface area contributed by atoms with Crippen molar-refractivity contribution in [2.24, 2.45) is 10.9 Å². The van der Waals surface area contributed by atoms with Crippen molar-refractivity contribution in [3.63, 3.8) is 0 Å². The molecule has 3 aromatic carbocycles. The van der Waals surface area contributed by atoms with E-state index in [0.29, 0.717) is 5.56 Å². The summed E-state index contributed by atoms with van der Waals surface area (Å²) in [5.41, 5.74) is 11.4. The van der Waals surface area contributed by atoms with Crippen LogP contribution in [-0.4, -0.2) is 48.6 Å². The molecule has 1 aliphatic heterocycles. The van der Waals surface area contributed by atoms with E-state index in [4.69, 9.17) is 25.0 Å². The van der Waals surface area contributed by atoms with E-state index in [9.17, 15) is 4.79 Å². The van der Waals surface area contributed by atoms with Gasteiger partial charge in [-0.25, -0.2) is 4.79 Å². The molecule has 0 saturated carbocycles. The predicted molar refractivity (Wildman–Crippen MR) is 156 cm³/mol. The Morgan fingerprint density at radius 3 is 2.08 bits per heavy atom. The second kappa shape index (κ2) is 10.8. The number of hydrogen-bond acceptors (Lipinski definition) is 6. The quantitative estimate of drug-likeness (QED) is 0.123. The minimum absolute atomic E-state index is 0.0235. The van der Waals surface area contributed by atoms with Crippen molar-refractivity contribution < 1.29 is 24.0 Å². The van der Waals surface area contributed by atoms with E-state index in [0.717, 1.165) is 22.2 Å². The smallest absolute Gasteiger partial charge is 0.449 e. The van der Waals surface area contributed by atoms with Crippen LogP contribution in [0.2, 0.25) is 0 Å². The van der Waals surface area contributed by atoms with Crippen LogP contribution in [0.3, 0.4) is 0 Å². The summed E-state index contributed by atoms with van der Waals surface area (Å²) in [6.45, 7) is 8.32. The second-order valence-corrected chi connectivity index (χ2v) is 11.1. The molecule has 1 fully saturated rings. The SMILES string of the molecule is CC1(C)OB(C(=Cc2ccc(C(N)=NO)cc2)CNC(=O)OCC2c3ccccc3-c3ccccc32)OC1(C)C. The molecule has 5 rings (SSSR count). The number of hydrogen-bond donors (Lipinski definition) is 3. The Kier molecular flexibility index (Phi) is 7.44. The van der Waals surface area contributed by atoms with E-state index in [-0.39, 0.29) is 24.9 Å². The van der Waals surface area contributed by atoms with E-state index in [2.05, 4.69) is 34.7 Å². The van der Waals surface area contributed by atoms with Crippen LogP contribution in [-0.2, 0) is 14.0 Å². The molecule has 0 bridgehead atoms. The molecule has 0 spiro atoms. The van der Waals surface area contributed by atoms with Crippen LogP contribution in [0.25, 0.3) is 17.2 Å². The fourth-order valence-electron chi connectivity index (χ4n) is 5.04. The molecule has 1 aliphatic carbocycles. The number of oxime groups is 1. The molecule has 206 valence electrons. The van der Waals surface area contributed by atoms with Crippen LogP contribution in [0, 0.1) is 0 Å². The van der Waals surface area contributed by atoms with Crippen molar-refractivity contribution in [1.82, 2.24) is 5.32 Å². The average Bonchev–Trinajstić information content (AvgIpc) is 3.38. The summed E-state index contributed by atoms with van der Waals surface area (Å²) in [6.07, 6.45) is 1.38. The molecule has 0 unspecified atom stereocenters. The highest BCUT2D eigenvalue weighted by atomic mass is 16.7. The number of ether oxygens (including phenoxy) is 1. The number of amidine groups is 1. The number of carbonyl (C=O) groups is 1. The summed E-state index contributed by atoms with van der Waals surface area (Å²) in [7, 11) is -0.664. The predicted octanol–water partition coefficient (Wildman–Crippen LogP) is 5.33. The third-order valence-electron chi connectivity index (χ3n) is 8.00. The van der Waals surface area contributed by atoms with Gasteiger partial charge in [-0.15, -0.1) is 0 Å². The highest BCUT2D eigenvalue weighted by Crippen LogP contribution is 2.44. The normalized spacial score (nSPS) is 17.9. The number of fused-ring (bicyclic) bond motifs is 3. The minimum Gasteiger partial charge on any atom is -0.449 e. The lowest BCUT2D eigenvalue weighted by Gasteiger charge is -2.32. The number of amides is 1. The van der Waals surface area contributed by atoms with Crippen molar-refractivity contribution in [3.05, 3.63) is 101 Å². The largest absolute Gasteiger partial charge is 0.492 e. The molecule has 2 aliphatic rings. The Bertz CT molecular complexity index is 1400. The number of carbonyl (C=O) groups excluding carboxylic acids is 1. The Labute approximate surface area is 235 Å². The maximum atomic E-state index is 12.9. The highest BCUT2D eigenvalue weighted by molar-refractivity contribution is 6.56. The first-order valence-electron chi connectivity index (χ1n) is 13.3. The van der Waals surface area contributed by atoms with E-state index >= 15 is 0 Å². The summed E-state index contributed by atoms with van der Waals surface area (Å²) in [5.74, 6) is 0.00306. The Morgan fingerprint density at radius 2 is 1.52 bits per heavy atom. The van der Waals surface area contributed by atoms with Gasteiger partial charge in [-0.1, -0.05) is 84.0 Å². The van der Waals surface area contributed by atoms with Gasteiger partial charge < -0.3 is 30.3 Å². The first-order valence-corrected chi connectivity index (χ1v) is 13.3. The number of nitrogens with one attached hydrogen (secondary N) is 1. The summed E-state index contributed by atoms with van der Waals surface area (Å²) < 4.78 is 18.3. The molecule has 0 atom stereocenters. The molecule has 4 N–H and O–H groups in total. The summed E-state index contributed by atoms with van der Waals surface area (Å²) in [6, 6.07) is 23.6. The molecule has 1 heterocycles. The maximum Gasteiger partial charge on any atom is 0.492 e. The van der Waals surface area contributed by atoms with Crippen LogP contribution < -0.4 is 11.1 Å². The molecule has 0 aromatic heterocycles. The fraction of sp³-hybridized carbons (Fsp3) is 0.290. The van der Waals surface area contributed by atoms with Gasteiger partial charge in [0.05, 0.1) is 11.2 Å². The number of nitrogens with zero attached hydrogens (tertiary/aromatic N) is 1. The summed E-state index contributed by atoms with van der Waals surface area (Å²) in [4.78, 5) is 12.9. The molecule has 1 amide bonds. The van der Waals surface area contributed by atoms with Crippen molar-refractivity contribution in [2.75, 3.05) is 13.2 Å². The molecular weight excluding hydrogens is 505 g/mol. The molecule has 3 aromatic rings. The lowest BCUT2D eigenvalue weighted by atomic mass is 9.77. The summed E-state index contributed by atoms with van der Waals surface area (Å²) >= 11 is 0. The monoisotopic (exact) mass is 539 g/mol. The first kappa shape index (κ1) is 27.5. The lowest BCUT2D eigenvalue weighted by Crippen LogP contribution is -2.41. The van der Waals surface area contributed by atoms with Gasteiger partial charge in [-0.05, 0) is 61.0 Å². The third-order valence-corrected chi connectivity index (χ3v) is 8.00. The van der Waals surface area contributed by atoms with Crippen LogP contribution >= 0.6 is 0 Å². The van der Waals surface area contributed by atoms with Gasteiger partial charge in [-0.3, -0.25) is 0 Å². The van der Waals surface area contributed by atoms with Crippen molar-refractivity contribution in [3.8, 4) is 11.1 Å². The van der Waals surface area contributed by atoms with Gasteiger partial charge >= 0.3 is 13.2 Å². The zero-order valence-electron chi connectivity index (χ0n) is 23.2. The number of rotatable bonds is 7. The van der Waals surface area contributed by atoms with E-state index in [1.165, 1.54) is 11.1 Å². The lowest BCUT2D eigenvalue weighted by molar-refractivity contribution is 0.00578. The fourth-order valence-corrected chi connectivity index (χ4v) is 5.04. The molecule has 0 radical (unpaired) electrons. The van der Waals surface area contributed by atoms with Crippen molar-refractivity contribution >= 4 is 25.1 Å². The molecule has 1 saturated heterocycles. The molecule has 40 heavy (non-hydrogen) atoms. The van der Waals surface area contributed by atoms with E-state index < -0.39 is 24.4 Å². The number of alkyl carbamates (subject to hydrolysis) is 1. The number of benzene rings is 3. The zero-order valence-corrected chi connectivity index (χ0v) is 23.2. The standard InChI is InChI=1S/C31H34BN3O5/c1-30(2)31(3,4)40-32(39-30)22(17-20-13-15-21(16-14-20)28(33)35-37)18-34-29(36)38-19-27-25-11-7-5-9-23(25)24-10-6-8-12-26(24)27/h5-17,27,37H,18-19H2,1-4H3,(H2,33,35)(H,34,36). The minimum atomic E-state index is -0.664. The summed E-state index contributed by atoms with van der Waals surface area (Å²) in [5, 5.41) is 14.9. The second-order valence-electron chi connectivity index (χ2n) is 11.1. The highest BCUT2D eigenvalue weighted by Gasteiger charge is 2.52. The van der Waals surface area contributed by atoms with Gasteiger partial charge in [0.25, 0.3) is 0 Å². The van der Waals surface area contributed by atoms with Crippen molar-refractivity contribution in [1.29, 1.82) is 0 Å². The van der Waals surface area contributed by atoms with E-state index in [1.807, 2.05) is 70.2 Å². The zero-order chi connectivity index (χ0) is 28.5. The van der Waals surface area contributed by atoms with Gasteiger partial charge in [0, 0.05) is 18.0 Å². The Morgan fingerprint density at radius 1 is 0.975 bits per heavy atom. The van der Waals surface area contributed by atoms with Crippen molar-refractivity contribution in [2.45, 2.75) is 44.8 Å². The third kappa shape index (κ3) is 5.35. The topological polar surface area (TPSA) is 115 Å². The van der Waals surface area contributed by atoms with Gasteiger partial charge in [0.2, 0.25) is 0 Å². The maximum absolute atomic E-state index is 12.9. The molecular formula is C31H34BN3O5. The van der Waals surface area contributed by atoms with Gasteiger partial charge in [0.15, 0.2) is 5.84 Å². The van der Waals surface area contributed by atoms with Crippen LogP contribution in [0.1, 0.15) is 55.9 Å². The van der Waals surface area contributed by atoms with Crippen LogP contribution in [0.4, 0.5) is 4.79 Å². The molecule has 8 nitrogen and oxygen atoms in total. The Balaban J connectivity index is 1.30. The Hall–Kier alpha value is -4.08. The number of nitrogens with two attached hydrogens (primary N) is 1. The van der Waals surface area contributed by atoms with Crippen LogP contribution in [0.15, 0.2) is 83.4 Å². The van der Waals surface area contributed by atoms with E-state index in [1.54, 1.807) is 12.1 Å². The van der Waals surface area contributed by atoms with Gasteiger partial charge in [-0.2, -0.15) is 0 Å². The molecule has 9 heteroatoms. The first-order chi connectivity index (χ1) is 19.1. The average molecular weight is 539 g/mol. The van der Waals surface area contributed by atoms with Crippen LogP contribution in [0.5, 0.6) is 0 Å². The van der Waals surface area contributed by atoms with Gasteiger partial charge in [0.1, 0.15) is 6.61 Å².